The van der Waals surface area contributed by atoms with Crippen LogP contribution in [-0.2, 0) is 6.18 Å². The van der Waals surface area contributed by atoms with Gasteiger partial charge >= 0.3 is 6.18 Å². The molecule has 2 rings (SSSR count). The molecule has 0 atom stereocenters. The van der Waals surface area contributed by atoms with Crippen LogP contribution in [0.25, 0.3) is 0 Å². The lowest BCUT2D eigenvalue weighted by Gasteiger charge is -2.08. The fourth-order valence-electron chi connectivity index (χ4n) is 1.45. The Balaban J connectivity index is 2.38. The number of halogens is 3. The maximum Gasteiger partial charge on any atom is 0.416 e. The molecule has 9 heteroatoms. The maximum atomic E-state index is 12.6. The van der Waals surface area contributed by atoms with Gasteiger partial charge in [-0.05, 0) is 18.2 Å². The van der Waals surface area contributed by atoms with Crippen LogP contribution in [0, 0.1) is 0 Å². The predicted octanol–water partition coefficient (Wildman–Crippen LogP) is 2.00. The number of aliphatic imine (C=N–C) groups is 1. The second-order valence-electron chi connectivity index (χ2n) is 3.81. The summed E-state index contributed by atoms with van der Waals surface area (Å²) >= 11 is 0. The second kappa shape index (κ2) is 5.21. The van der Waals surface area contributed by atoms with Crippen LogP contribution in [0.3, 0.4) is 0 Å². The molecule has 0 aliphatic rings. The molecule has 2 aromatic rings. The summed E-state index contributed by atoms with van der Waals surface area (Å²) in [6.45, 7) is 0. The first-order valence-electron chi connectivity index (χ1n) is 5.37. The van der Waals surface area contributed by atoms with Crippen LogP contribution in [0.2, 0.25) is 0 Å². The molecule has 20 heavy (non-hydrogen) atoms. The van der Waals surface area contributed by atoms with E-state index >= 15 is 0 Å². The summed E-state index contributed by atoms with van der Waals surface area (Å²) in [7, 11) is 0. The van der Waals surface area contributed by atoms with E-state index in [0.717, 1.165) is 16.8 Å². The lowest BCUT2D eigenvalue weighted by atomic mass is 10.2. The first-order chi connectivity index (χ1) is 9.40. The number of hydrogen-bond acceptors (Lipinski definition) is 4. The normalized spacial score (nSPS) is 12.5. The van der Waals surface area contributed by atoms with E-state index in [0.29, 0.717) is 5.69 Å². The van der Waals surface area contributed by atoms with Crippen molar-refractivity contribution >= 4 is 17.3 Å². The Morgan fingerprint density at radius 2 is 2.15 bits per heavy atom. The summed E-state index contributed by atoms with van der Waals surface area (Å²) in [6.07, 6.45) is -1.82. The zero-order valence-corrected chi connectivity index (χ0v) is 9.96. The molecule has 0 amide bonds. The molecule has 0 saturated heterocycles. The molecule has 0 radical (unpaired) electrons. The number of nitrogen functional groups attached to an aromatic ring is 1. The fraction of sp³-hybridized carbons (Fsp3) is 0.0909. The minimum atomic E-state index is -4.46. The lowest BCUT2D eigenvalue weighted by molar-refractivity contribution is -0.137. The van der Waals surface area contributed by atoms with Crippen molar-refractivity contribution in [3.8, 4) is 0 Å². The Kier molecular flexibility index (Phi) is 3.61. The standard InChI is InChI=1S/C11H10F3N5O/c12-11(13,14)7-2-1-3-9(4-7)17-10(18-20)19-6-8(15)5-16-19/h1-6,20H,15H2,(H,17,18). The zero-order valence-electron chi connectivity index (χ0n) is 9.96. The van der Waals surface area contributed by atoms with Crippen molar-refractivity contribution in [2.24, 2.45) is 4.99 Å². The maximum absolute atomic E-state index is 12.6. The topological polar surface area (TPSA) is 88.5 Å². The highest BCUT2D eigenvalue weighted by Gasteiger charge is 2.30. The first-order valence-corrected chi connectivity index (χ1v) is 5.37. The highest BCUT2D eigenvalue weighted by atomic mass is 19.4. The van der Waals surface area contributed by atoms with Crippen LogP contribution >= 0.6 is 0 Å². The van der Waals surface area contributed by atoms with Crippen molar-refractivity contribution in [3.05, 3.63) is 42.2 Å². The quantitative estimate of drug-likeness (QED) is 0.425. The molecule has 0 fully saturated rings. The molecule has 4 N–H and O–H groups in total. The van der Waals surface area contributed by atoms with Crippen molar-refractivity contribution in [2.45, 2.75) is 6.18 Å². The molecular weight excluding hydrogens is 275 g/mol. The Morgan fingerprint density at radius 3 is 2.70 bits per heavy atom. The number of anilines is 1. The molecule has 106 valence electrons. The van der Waals surface area contributed by atoms with E-state index < -0.39 is 11.7 Å². The van der Waals surface area contributed by atoms with Crippen molar-refractivity contribution in [1.29, 1.82) is 0 Å². The summed E-state index contributed by atoms with van der Waals surface area (Å²) < 4.78 is 38.8. The van der Waals surface area contributed by atoms with Crippen LogP contribution < -0.4 is 11.2 Å². The number of benzene rings is 1. The molecule has 0 unspecified atom stereocenters. The molecular formula is C11H10F3N5O. The Hall–Kier alpha value is -2.55. The van der Waals surface area contributed by atoms with Crippen molar-refractivity contribution < 1.29 is 18.4 Å². The summed E-state index contributed by atoms with van der Waals surface area (Å²) in [5, 5.41) is 12.7. The van der Waals surface area contributed by atoms with E-state index in [1.807, 2.05) is 0 Å². The van der Waals surface area contributed by atoms with Crippen LogP contribution in [0.5, 0.6) is 0 Å². The van der Waals surface area contributed by atoms with Gasteiger partial charge in [-0.1, -0.05) is 6.07 Å². The van der Waals surface area contributed by atoms with E-state index in [1.165, 1.54) is 24.5 Å². The number of nitrogens with one attached hydrogen (secondary N) is 1. The van der Waals surface area contributed by atoms with Gasteiger partial charge in [0.1, 0.15) is 0 Å². The Bertz CT molecular complexity index is 635. The zero-order chi connectivity index (χ0) is 14.8. The smallest absolute Gasteiger partial charge is 0.396 e. The molecule has 1 heterocycles. The van der Waals surface area contributed by atoms with E-state index in [2.05, 4.69) is 10.1 Å². The Morgan fingerprint density at radius 1 is 1.40 bits per heavy atom. The Labute approximate surface area is 111 Å². The summed E-state index contributed by atoms with van der Waals surface area (Å²) in [5.74, 6) is -0.180. The van der Waals surface area contributed by atoms with Gasteiger partial charge in [0, 0.05) is 0 Å². The second-order valence-corrected chi connectivity index (χ2v) is 3.81. The van der Waals surface area contributed by atoms with E-state index in [4.69, 9.17) is 10.9 Å². The minimum Gasteiger partial charge on any atom is -0.396 e. The van der Waals surface area contributed by atoms with Gasteiger partial charge in [-0.3, -0.25) is 5.21 Å². The molecule has 0 aliphatic carbocycles. The van der Waals surface area contributed by atoms with Crippen molar-refractivity contribution in [2.75, 3.05) is 5.73 Å². The third-order valence-corrected chi connectivity index (χ3v) is 2.33. The summed E-state index contributed by atoms with van der Waals surface area (Å²) in [5.41, 5.74) is 6.69. The number of alkyl halides is 3. The molecule has 1 aromatic heterocycles. The molecule has 0 bridgehead atoms. The van der Waals surface area contributed by atoms with Crippen LogP contribution in [0.4, 0.5) is 24.5 Å². The van der Waals surface area contributed by atoms with Gasteiger partial charge in [0.05, 0.1) is 29.3 Å². The number of nitrogens with zero attached hydrogens (tertiary/aromatic N) is 3. The lowest BCUT2D eigenvalue weighted by Crippen LogP contribution is -2.27. The van der Waals surface area contributed by atoms with E-state index in [9.17, 15) is 13.2 Å². The summed E-state index contributed by atoms with van der Waals surface area (Å²) in [4.78, 5) is 3.84. The van der Waals surface area contributed by atoms with E-state index in [-0.39, 0.29) is 11.6 Å². The van der Waals surface area contributed by atoms with Gasteiger partial charge in [0.15, 0.2) is 0 Å². The fourth-order valence-corrected chi connectivity index (χ4v) is 1.45. The SMILES string of the molecule is Nc1cnn(C(=Nc2cccc(C(F)(F)F)c2)NO)c1. The van der Waals surface area contributed by atoms with Gasteiger partial charge in [-0.2, -0.15) is 18.3 Å². The number of rotatable bonds is 1. The highest BCUT2D eigenvalue weighted by Crippen LogP contribution is 2.31. The van der Waals surface area contributed by atoms with Crippen LogP contribution in [0.1, 0.15) is 5.56 Å². The largest absolute Gasteiger partial charge is 0.416 e. The minimum absolute atomic E-state index is 0.00504. The van der Waals surface area contributed by atoms with Crippen LogP contribution in [-0.4, -0.2) is 20.9 Å². The van der Waals surface area contributed by atoms with Crippen LogP contribution in [0.15, 0.2) is 41.7 Å². The van der Waals surface area contributed by atoms with Gasteiger partial charge in [-0.15, -0.1) is 0 Å². The number of hydroxylamine groups is 1. The van der Waals surface area contributed by atoms with Gasteiger partial charge < -0.3 is 5.73 Å². The average Bonchev–Trinajstić information content (AvgIpc) is 2.82. The third-order valence-electron chi connectivity index (χ3n) is 2.33. The van der Waals surface area contributed by atoms with Gasteiger partial charge in [0.2, 0.25) is 5.96 Å². The predicted molar refractivity (Wildman–Crippen MR) is 65.5 cm³/mol. The number of nitrogens with two attached hydrogens (primary N) is 1. The van der Waals surface area contributed by atoms with Gasteiger partial charge in [0.25, 0.3) is 0 Å². The third kappa shape index (κ3) is 3.06. The number of hydrogen-bond donors (Lipinski definition) is 3. The first kappa shape index (κ1) is 13.9. The molecule has 6 nitrogen and oxygen atoms in total. The van der Waals surface area contributed by atoms with E-state index in [1.54, 1.807) is 5.48 Å². The molecule has 0 saturated carbocycles. The molecule has 0 aliphatic heterocycles. The molecule has 0 spiro atoms. The molecule has 1 aromatic carbocycles. The highest BCUT2D eigenvalue weighted by molar-refractivity contribution is 5.83. The number of aromatic nitrogens is 2. The van der Waals surface area contributed by atoms with Gasteiger partial charge in [-0.25, -0.2) is 15.2 Å². The average molecular weight is 285 g/mol. The van der Waals surface area contributed by atoms with Crippen molar-refractivity contribution in [1.82, 2.24) is 15.3 Å². The summed E-state index contributed by atoms with van der Waals surface area (Å²) in [6, 6.07) is 4.36. The monoisotopic (exact) mass is 285 g/mol. The van der Waals surface area contributed by atoms with Crippen molar-refractivity contribution in [3.63, 3.8) is 0 Å².